The van der Waals surface area contributed by atoms with E-state index in [1.807, 2.05) is 0 Å². The van der Waals surface area contributed by atoms with Crippen molar-refractivity contribution in [3.63, 3.8) is 0 Å². The molecule has 0 saturated carbocycles. The first kappa shape index (κ1) is 12.9. The summed E-state index contributed by atoms with van der Waals surface area (Å²) < 4.78 is 5.78. The summed E-state index contributed by atoms with van der Waals surface area (Å²) in [5.41, 5.74) is 0.111. The molecule has 0 radical (unpaired) electrons. The monoisotopic (exact) mass is 214 g/mol. The highest BCUT2D eigenvalue weighted by molar-refractivity contribution is 4.83. The molecular weight excluding hydrogens is 188 g/mol. The molecular formula is C12H26N2O. The average Bonchev–Trinajstić information content (AvgIpc) is 2.59. The van der Waals surface area contributed by atoms with Crippen LogP contribution in [0.1, 0.15) is 33.1 Å². The summed E-state index contributed by atoms with van der Waals surface area (Å²) in [7, 11) is 2.18. The van der Waals surface area contributed by atoms with Crippen LogP contribution in [0.15, 0.2) is 0 Å². The molecule has 3 heteroatoms. The fourth-order valence-electron chi connectivity index (χ4n) is 2.18. The number of hydrogen-bond acceptors (Lipinski definition) is 3. The zero-order valence-electron chi connectivity index (χ0n) is 10.5. The van der Waals surface area contributed by atoms with E-state index in [4.69, 9.17) is 4.74 Å². The first-order valence-corrected chi connectivity index (χ1v) is 6.19. The van der Waals surface area contributed by atoms with E-state index in [9.17, 15) is 0 Å². The number of nitrogens with zero attached hydrogens (tertiary/aromatic N) is 1. The van der Waals surface area contributed by atoms with Gasteiger partial charge in [0.15, 0.2) is 0 Å². The second-order valence-corrected chi connectivity index (χ2v) is 4.89. The Kier molecular flexibility index (Phi) is 5.58. The smallest absolute Gasteiger partial charge is 0.0781 e. The van der Waals surface area contributed by atoms with Gasteiger partial charge in [0.1, 0.15) is 0 Å². The maximum Gasteiger partial charge on any atom is 0.0781 e. The summed E-state index contributed by atoms with van der Waals surface area (Å²) in [6.07, 6.45) is 3.64. The summed E-state index contributed by atoms with van der Waals surface area (Å²) in [6, 6.07) is 0. The molecule has 0 bridgehead atoms. The van der Waals surface area contributed by atoms with Gasteiger partial charge < -0.3 is 15.0 Å². The highest BCUT2D eigenvalue weighted by Crippen LogP contribution is 2.25. The van der Waals surface area contributed by atoms with Crippen molar-refractivity contribution in [1.82, 2.24) is 10.2 Å². The molecule has 1 aliphatic rings. The third-order valence-corrected chi connectivity index (χ3v) is 3.00. The number of hydrogen-bond donors (Lipinski definition) is 1. The molecule has 1 atom stereocenters. The van der Waals surface area contributed by atoms with Gasteiger partial charge in [-0.25, -0.2) is 0 Å². The lowest BCUT2D eigenvalue weighted by Crippen LogP contribution is -2.41. The molecule has 0 aromatic heterocycles. The molecule has 0 aromatic carbocycles. The Bertz CT molecular complexity index is 167. The first-order chi connectivity index (χ1) is 7.16. The number of nitrogens with one attached hydrogen (secondary N) is 1. The molecule has 1 fully saturated rings. The molecule has 1 aliphatic heterocycles. The van der Waals surface area contributed by atoms with Crippen LogP contribution in [0.25, 0.3) is 0 Å². The molecule has 0 aromatic rings. The lowest BCUT2D eigenvalue weighted by atomic mass is 10.0. The fraction of sp³-hybridized carbons (Fsp3) is 1.00. The molecule has 0 spiro atoms. The third kappa shape index (κ3) is 4.96. The lowest BCUT2D eigenvalue weighted by molar-refractivity contribution is -0.00319. The Morgan fingerprint density at radius 3 is 2.80 bits per heavy atom. The Labute approximate surface area is 94.2 Å². The largest absolute Gasteiger partial charge is 0.374 e. The molecule has 0 amide bonds. The minimum absolute atomic E-state index is 0.111. The molecule has 1 unspecified atom stereocenters. The summed E-state index contributed by atoms with van der Waals surface area (Å²) in [4.78, 5) is 2.37. The zero-order valence-corrected chi connectivity index (χ0v) is 10.5. The molecule has 1 rings (SSSR count). The second-order valence-electron chi connectivity index (χ2n) is 4.89. The summed E-state index contributed by atoms with van der Waals surface area (Å²) in [6.45, 7) is 9.75. The van der Waals surface area contributed by atoms with Gasteiger partial charge >= 0.3 is 0 Å². The van der Waals surface area contributed by atoms with Gasteiger partial charge in [0, 0.05) is 26.2 Å². The summed E-state index contributed by atoms with van der Waals surface area (Å²) in [5, 5.41) is 3.42. The third-order valence-electron chi connectivity index (χ3n) is 3.00. The predicted molar refractivity (Wildman–Crippen MR) is 64.2 cm³/mol. The van der Waals surface area contributed by atoms with Gasteiger partial charge in [0.2, 0.25) is 0 Å². The van der Waals surface area contributed by atoms with E-state index >= 15 is 0 Å². The van der Waals surface area contributed by atoms with Crippen molar-refractivity contribution in [2.75, 3.05) is 39.8 Å². The van der Waals surface area contributed by atoms with E-state index < -0.39 is 0 Å². The Balaban J connectivity index is 2.09. The summed E-state index contributed by atoms with van der Waals surface area (Å²) >= 11 is 0. The normalized spacial score (nSPS) is 26.4. The Morgan fingerprint density at radius 1 is 1.40 bits per heavy atom. The van der Waals surface area contributed by atoms with E-state index in [2.05, 4.69) is 31.1 Å². The van der Waals surface area contributed by atoms with Crippen molar-refractivity contribution in [3.05, 3.63) is 0 Å². The van der Waals surface area contributed by atoms with Crippen LogP contribution in [-0.2, 0) is 4.74 Å². The number of likely N-dealkylation sites (N-methyl/N-ethyl adjacent to an activating group) is 1. The lowest BCUT2D eigenvalue weighted by Gasteiger charge is -2.29. The van der Waals surface area contributed by atoms with Gasteiger partial charge in [-0.3, -0.25) is 0 Å². The van der Waals surface area contributed by atoms with E-state index in [1.165, 1.54) is 19.3 Å². The quantitative estimate of drug-likeness (QED) is 0.650. The zero-order chi connectivity index (χ0) is 11.1. The number of rotatable bonds is 7. The molecule has 1 saturated heterocycles. The van der Waals surface area contributed by atoms with Crippen molar-refractivity contribution in [1.29, 1.82) is 0 Å². The average molecular weight is 214 g/mol. The SMILES string of the molecule is CCCNCCN(C)CC1(C)CCCO1. The predicted octanol–water partition coefficient (Wildman–Crippen LogP) is 1.49. The maximum absolute atomic E-state index is 5.78. The van der Waals surface area contributed by atoms with Crippen LogP contribution in [0.2, 0.25) is 0 Å². The van der Waals surface area contributed by atoms with Crippen molar-refractivity contribution >= 4 is 0 Å². The fourth-order valence-corrected chi connectivity index (χ4v) is 2.18. The van der Waals surface area contributed by atoms with Crippen LogP contribution in [0.4, 0.5) is 0 Å². The summed E-state index contributed by atoms with van der Waals surface area (Å²) in [5.74, 6) is 0. The van der Waals surface area contributed by atoms with Gasteiger partial charge in [-0.2, -0.15) is 0 Å². The van der Waals surface area contributed by atoms with Gasteiger partial charge in [-0.1, -0.05) is 6.92 Å². The minimum Gasteiger partial charge on any atom is -0.374 e. The molecule has 1 N–H and O–H groups in total. The highest BCUT2D eigenvalue weighted by Gasteiger charge is 2.30. The van der Waals surface area contributed by atoms with E-state index in [0.29, 0.717) is 0 Å². The van der Waals surface area contributed by atoms with Crippen LogP contribution in [0.3, 0.4) is 0 Å². The van der Waals surface area contributed by atoms with Crippen molar-refractivity contribution < 1.29 is 4.74 Å². The van der Waals surface area contributed by atoms with Crippen molar-refractivity contribution in [2.45, 2.75) is 38.7 Å². The topological polar surface area (TPSA) is 24.5 Å². The van der Waals surface area contributed by atoms with Crippen molar-refractivity contribution in [3.8, 4) is 0 Å². The van der Waals surface area contributed by atoms with Crippen molar-refractivity contribution in [2.24, 2.45) is 0 Å². The van der Waals surface area contributed by atoms with Crippen LogP contribution < -0.4 is 5.32 Å². The molecule has 90 valence electrons. The van der Waals surface area contributed by atoms with Gasteiger partial charge in [0.25, 0.3) is 0 Å². The molecule has 1 heterocycles. The van der Waals surface area contributed by atoms with Crippen LogP contribution >= 0.6 is 0 Å². The number of ether oxygens (including phenoxy) is 1. The maximum atomic E-state index is 5.78. The second kappa shape index (κ2) is 6.46. The van der Waals surface area contributed by atoms with Crippen LogP contribution in [0.5, 0.6) is 0 Å². The van der Waals surface area contributed by atoms with Gasteiger partial charge in [0.05, 0.1) is 5.60 Å². The molecule has 15 heavy (non-hydrogen) atoms. The van der Waals surface area contributed by atoms with E-state index in [0.717, 1.165) is 32.8 Å². The molecule has 0 aliphatic carbocycles. The standard InChI is InChI=1S/C12H26N2O/c1-4-7-13-8-9-14(3)11-12(2)6-5-10-15-12/h13H,4-11H2,1-3H3. The first-order valence-electron chi connectivity index (χ1n) is 6.19. The van der Waals surface area contributed by atoms with Gasteiger partial charge in [-0.15, -0.1) is 0 Å². The van der Waals surface area contributed by atoms with E-state index in [1.54, 1.807) is 0 Å². The van der Waals surface area contributed by atoms with Crippen LogP contribution in [0, 0.1) is 0 Å². The van der Waals surface area contributed by atoms with E-state index in [-0.39, 0.29) is 5.60 Å². The van der Waals surface area contributed by atoms with Crippen LogP contribution in [-0.4, -0.2) is 50.3 Å². The Morgan fingerprint density at radius 2 is 2.20 bits per heavy atom. The Hall–Kier alpha value is -0.120. The molecule has 3 nitrogen and oxygen atoms in total. The highest BCUT2D eigenvalue weighted by atomic mass is 16.5. The van der Waals surface area contributed by atoms with Gasteiger partial charge in [-0.05, 0) is 39.8 Å². The minimum atomic E-state index is 0.111.